The third-order valence-corrected chi connectivity index (χ3v) is 16.7. The maximum atomic E-state index is 10.9. The lowest BCUT2D eigenvalue weighted by Gasteiger charge is -2.20. The monoisotopic (exact) mass is 1140 g/mol. The fraction of sp³-hybridized carbons (Fsp3) is 0. The Morgan fingerprint density at radius 3 is 0.844 bits per heavy atom. The molecule has 10 nitrogen and oxygen atoms in total. The maximum absolute atomic E-state index is 10.9. The molecule has 0 atom stereocenters. The van der Waals surface area contributed by atoms with Crippen LogP contribution in [-0.2, 0) is 0 Å². The second kappa shape index (κ2) is 22.3. The van der Waals surface area contributed by atoms with Crippen molar-refractivity contribution in [3.63, 3.8) is 0 Å². The quantitative estimate of drug-likeness (QED) is 0.130. The predicted octanol–water partition coefficient (Wildman–Crippen LogP) is 18.8. The normalized spacial score (nSPS) is 11.1. The molecule has 3 heterocycles. The van der Waals surface area contributed by atoms with E-state index in [0.717, 1.165) is 127 Å². The molecule has 0 saturated carbocycles. The lowest BCUT2D eigenvalue weighted by molar-refractivity contribution is 1.07. The van der Waals surface area contributed by atoms with Crippen molar-refractivity contribution in [2.45, 2.75) is 0 Å². The molecule has 15 rings (SSSR count). The Morgan fingerprint density at radius 1 is 0.222 bits per heavy atom. The fourth-order valence-corrected chi connectivity index (χ4v) is 12.4. The predicted molar refractivity (Wildman–Crippen MR) is 356 cm³/mol. The molecule has 0 fully saturated rings. The van der Waals surface area contributed by atoms with E-state index in [1.54, 1.807) is 24.3 Å². The number of hydrogen-bond donors (Lipinski definition) is 0. The summed E-state index contributed by atoms with van der Waals surface area (Å²) in [6.45, 7) is 0. The van der Waals surface area contributed by atoms with Crippen molar-refractivity contribution in [2.24, 2.45) is 0 Å². The first-order valence-corrected chi connectivity index (χ1v) is 29.1. The SMILES string of the molecule is N#Cc1cccc(-c2ccc3c(c2)c2cc(-c4cccc(C#N)c4)ccc2n3-c2cc(C#N)ccc2-c2ccc(-c3nc(-c4ccccc4)nc(-c4ccccc4)n3)cc2-n2c3ccc(-c4cccc(C#N)c4)cc3c3cc(-c4cccc(C#N)c4)ccc32)c1. The fourth-order valence-electron chi connectivity index (χ4n) is 12.4. The van der Waals surface area contributed by atoms with E-state index in [0.29, 0.717) is 45.3 Å². The summed E-state index contributed by atoms with van der Waals surface area (Å²) >= 11 is 0. The molecule has 10 heteroatoms. The third kappa shape index (κ3) is 9.50. The van der Waals surface area contributed by atoms with Crippen LogP contribution in [0, 0.1) is 56.7 Å². The van der Waals surface area contributed by atoms with E-state index in [9.17, 15) is 26.3 Å². The topological polar surface area (TPSA) is 167 Å². The van der Waals surface area contributed by atoms with Gasteiger partial charge in [0.1, 0.15) is 0 Å². The van der Waals surface area contributed by atoms with Gasteiger partial charge < -0.3 is 9.13 Å². The molecule has 0 bridgehead atoms. The van der Waals surface area contributed by atoms with Crippen LogP contribution in [0.3, 0.4) is 0 Å². The number of nitriles is 5. The standard InChI is InChI=1S/C80H44N10/c81-45-50-11-7-19-57(35-50)61-25-31-72-68(40-61)69-41-62(58-20-8-12-51(36-58)46-82)26-32-73(69)89(72)76-39-54(49-85)23-29-66(76)67-30-24-65(80-87-78(55-15-3-1-4-16-55)86-79(88-80)56-17-5-2-6-18-56)44-77(67)90-74-33-27-63(59-21-9-13-52(37-59)47-83)42-70(74)71-43-64(28-34-75(71)90)60-22-10-14-53(38-60)48-84/h1-44H. The first kappa shape index (κ1) is 53.4. The van der Waals surface area contributed by atoms with Gasteiger partial charge in [-0.2, -0.15) is 26.3 Å². The van der Waals surface area contributed by atoms with Crippen LogP contribution in [0.2, 0.25) is 0 Å². The largest absolute Gasteiger partial charge is 0.309 e. The number of fused-ring (bicyclic) bond motifs is 6. The van der Waals surface area contributed by atoms with E-state index >= 15 is 0 Å². The van der Waals surface area contributed by atoms with Gasteiger partial charge >= 0.3 is 0 Å². The van der Waals surface area contributed by atoms with Gasteiger partial charge in [-0.05, 0) is 160 Å². The summed E-state index contributed by atoms with van der Waals surface area (Å²) in [5.41, 5.74) is 19.1. The van der Waals surface area contributed by atoms with Crippen LogP contribution in [0.4, 0.5) is 0 Å². The molecule has 0 amide bonds. The summed E-state index contributed by atoms with van der Waals surface area (Å²) in [5.74, 6) is 1.50. The van der Waals surface area contributed by atoms with E-state index in [4.69, 9.17) is 15.0 Å². The van der Waals surface area contributed by atoms with Gasteiger partial charge in [0, 0.05) is 49.4 Å². The molecule has 15 aromatic rings. The molecular formula is C80H44N10. The Morgan fingerprint density at radius 2 is 0.500 bits per heavy atom. The summed E-state index contributed by atoms with van der Waals surface area (Å²) in [5, 5.41) is 54.7. The molecule has 0 N–H and O–H groups in total. The van der Waals surface area contributed by atoms with Gasteiger partial charge in [0.15, 0.2) is 17.5 Å². The summed E-state index contributed by atoms with van der Waals surface area (Å²) in [6, 6.07) is 99.8. The molecule has 0 unspecified atom stereocenters. The molecule has 414 valence electrons. The van der Waals surface area contributed by atoms with Crippen molar-refractivity contribution in [1.82, 2.24) is 24.1 Å². The molecular weight excluding hydrogens is 1100 g/mol. The van der Waals surface area contributed by atoms with Crippen molar-refractivity contribution in [3.05, 3.63) is 295 Å². The van der Waals surface area contributed by atoms with Gasteiger partial charge in [0.05, 0.1) is 91.6 Å². The Bertz CT molecular complexity index is 5400. The third-order valence-electron chi connectivity index (χ3n) is 16.7. The number of nitrogens with zero attached hydrogens (tertiary/aromatic N) is 10. The Balaban J connectivity index is 1.03. The van der Waals surface area contributed by atoms with Gasteiger partial charge in [-0.3, -0.25) is 0 Å². The minimum atomic E-state index is 0.460. The van der Waals surface area contributed by atoms with Gasteiger partial charge in [-0.15, -0.1) is 0 Å². The lowest BCUT2D eigenvalue weighted by atomic mass is 9.97. The van der Waals surface area contributed by atoms with Crippen molar-refractivity contribution in [1.29, 1.82) is 26.3 Å². The molecule has 3 aromatic heterocycles. The minimum Gasteiger partial charge on any atom is -0.309 e. The number of hydrogen-bond acceptors (Lipinski definition) is 8. The zero-order valence-electron chi connectivity index (χ0n) is 47.9. The molecule has 12 aromatic carbocycles. The first-order valence-electron chi connectivity index (χ1n) is 29.1. The van der Waals surface area contributed by atoms with Crippen LogP contribution in [0.5, 0.6) is 0 Å². The average molecular weight is 1150 g/mol. The zero-order valence-corrected chi connectivity index (χ0v) is 47.9. The maximum Gasteiger partial charge on any atom is 0.164 e. The van der Waals surface area contributed by atoms with E-state index < -0.39 is 0 Å². The highest BCUT2D eigenvalue weighted by atomic mass is 15.0. The molecule has 0 aliphatic rings. The van der Waals surface area contributed by atoms with Crippen LogP contribution in [-0.4, -0.2) is 24.1 Å². The smallest absolute Gasteiger partial charge is 0.164 e. The molecule has 0 saturated heterocycles. The number of benzene rings is 12. The molecule has 90 heavy (non-hydrogen) atoms. The second-order valence-corrected chi connectivity index (χ2v) is 22.0. The first-order chi connectivity index (χ1) is 44.3. The minimum absolute atomic E-state index is 0.460. The van der Waals surface area contributed by atoms with E-state index in [2.05, 4.69) is 130 Å². The Kier molecular flexibility index (Phi) is 13.2. The van der Waals surface area contributed by atoms with Gasteiger partial charge in [0.25, 0.3) is 0 Å². The zero-order chi connectivity index (χ0) is 60.8. The summed E-state index contributed by atoms with van der Waals surface area (Å²) in [6.07, 6.45) is 0. The van der Waals surface area contributed by atoms with Gasteiger partial charge in [0.2, 0.25) is 0 Å². The van der Waals surface area contributed by atoms with Gasteiger partial charge in [-0.25, -0.2) is 15.0 Å². The Labute approximate surface area is 517 Å². The Hall–Kier alpha value is -13.3. The number of aromatic nitrogens is 5. The highest BCUT2D eigenvalue weighted by molar-refractivity contribution is 6.14. The molecule has 0 spiro atoms. The lowest BCUT2D eigenvalue weighted by Crippen LogP contribution is -2.04. The van der Waals surface area contributed by atoms with E-state index in [1.807, 2.05) is 152 Å². The second-order valence-electron chi connectivity index (χ2n) is 22.0. The molecule has 0 aliphatic carbocycles. The van der Waals surface area contributed by atoms with E-state index in [1.165, 1.54) is 0 Å². The van der Waals surface area contributed by atoms with Crippen molar-refractivity contribution in [2.75, 3.05) is 0 Å². The summed E-state index contributed by atoms with van der Waals surface area (Å²) in [4.78, 5) is 15.5. The summed E-state index contributed by atoms with van der Waals surface area (Å²) in [7, 11) is 0. The van der Waals surface area contributed by atoms with Crippen LogP contribution in [0.1, 0.15) is 27.8 Å². The van der Waals surface area contributed by atoms with Crippen LogP contribution in [0.25, 0.3) is 145 Å². The average Bonchev–Trinajstić information content (AvgIpc) is 1.59. The van der Waals surface area contributed by atoms with E-state index in [-0.39, 0.29) is 0 Å². The van der Waals surface area contributed by atoms with Crippen molar-refractivity contribution >= 4 is 43.6 Å². The van der Waals surface area contributed by atoms with Gasteiger partial charge in [-0.1, -0.05) is 152 Å². The summed E-state index contributed by atoms with van der Waals surface area (Å²) < 4.78 is 4.53. The highest BCUT2D eigenvalue weighted by Crippen LogP contribution is 2.45. The van der Waals surface area contributed by atoms with Crippen LogP contribution >= 0.6 is 0 Å². The van der Waals surface area contributed by atoms with Crippen molar-refractivity contribution in [3.8, 4) is 132 Å². The highest BCUT2D eigenvalue weighted by Gasteiger charge is 2.25. The van der Waals surface area contributed by atoms with Crippen LogP contribution < -0.4 is 0 Å². The molecule has 0 radical (unpaired) electrons. The molecule has 0 aliphatic heterocycles. The number of rotatable bonds is 10. The van der Waals surface area contributed by atoms with Crippen LogP contribution in [0.15, 0.2) is 267 Å². The van der Waals surface area contributed by atoms with Crippen molar-refractivity contribution < 1.29 is 0 Å².